The normalized spacial score (nSPS) is 22.3. The molecule has 1 aliphatic heterocycles. The Morgan fingerprint density at radius 3 is 2.74 bits per heavy atom. The van der Waals surface area contributed by atoms with E-state index < -0.39 is 11.6 Å². The van der Waals surface area contributed by atoms with Crippen LogP contribution >= 0.6 is 0 Å². The van der Waals surface area contributed by atoms with Crippen LogP contribution in [0.3, 0.4) is 0 Å². The summed E-state index contributed by atoms with van der Waals surface area (Å²) >= 11 is 0. The number of benzene rings is 1. The van der Waals surface area contributed by atoms with E-state index in [0.717, 1.165) is 11.0 Å². The van der Waals surface area contributed by atoms with Crippen molar-refractivity contribution in [2.45, 2.75) is 18.6 Å². The first-order chi connectivity index (χ1) is 16.5. The Bertz CT molecular complexity index is 1380. The fourth-order valence-electron chi connectivity index (χ4n) is 4.38. The van der Waals surface area contributed by atoms with Crippen LogP contribution in [0, 0.1) is 11.8 Å². The average molecular weight is 457 g/mol. The van der Waals surface area contributed by atoms with Crippen molar-refractivity contribution in [3.8, 4) is 11.8 Å². The van der Waals surface area contributed by atoms with E-state index in [0.29, 0.717) is 34.4 Å². The van der Waals surface area contributed by atoms with Crippen LogP contribution in [-0.4, -0.2) is 48.0 Å². The topological polar surface area (TPSA) is 92.6 Å². The maximum absolute atomic E-state index is 14.2. The van der Waals surface area contributed by atoms with Crippen LogP contribution in [0.15, 0.2) is 76.5 Å². The summed E-state index contributed by atoms with van der Waals surface area (Å²) in [4.78, 5) is 24.0. The number of imidazole rings is 1. The maximum atomic E-state index is 14.2. The highest BCUT2D eigenvalue weighted by molar-refractivity contribution is 6.27. The number of allylic oxidation sites excluding steroid dienone is 2. The maximum Gasteiger partial charge on any atom is 0.203 e. The van der Waals surface area contributed by atoms with E-state index in [-0.39, 0.29) is 5.78 Å². The standard InChI is InChI=1S/C26H24N4O4/c1-26(21-10-7-13-34-21)23(31)22(24-28-19-8-5-6-9-20(19)29-24)25(27-2)30(26)16-11-12-17(32-3)15-18(14-16)33-4/h5-10,13-15,17,27H,1-4H3,(H,28,29). The monoisotopic (exact) mass is 456 g/mol. The molecule has 0 amide bonds. The van der Waals surface area contributed by atoms with Crippen molar-refractivity contribution in [3.63, 3.8) is 0 Å². The van der Waals surface area contributed by atoms with Crippen LogP contribution in [0.1, 0.15) is 18.5 Å². The molecule has 8 nitrogen and oxygen atoms in total. The van der Waals surface area contributed by atoms with Crippen LogP contribution < -0.4 is 5.32 Å². The molecule has 1 aliphatic carbocycles. The third-order valence-electron chi connectivity index (χ3n) is 6.11. The Morgan fingerprint density at radius 2 is 2.06 bits per heavy atom. The molecule has 2 unspecified atom stereocenters. The van der Waals surface area contributed by atoms with Gasteiger partial charge in [0.15, 0.2) is 5.54 Å². The Hall–Kier alpha value is -4.22. The Balaban J connectivity index is 1.76. The van der Waals surface area contributed by atoms with Gasteiger partial charge in [0, 0.05) is 20.2 Å². The van der Waals surface area contributed by atoms with Gasteiger partial charge < -0.3 is 24.2 Å². The zero-order chi connectivity index (χ0) is 23.9. The fraction of sp³-hybridized carbons (Fsp3) is 0.231. The van der Waals surface area contributed by atoms with E-state index in [1.807, 2.05) is 36.1 Å². The molecular formula is C26H24N4O4. The number of Topliss-reactive ketones (excluding diaryl/α,β-unsaturated/α-hetero) is 1. The summed E-state index contributed by atoms with van der Waals surface area (Å²) in [6.45, 7) is 1.82. The first kappa shape index (κ1) is 21.6. The Labute approximate surface area is 196 Å². The number of ketones is 1. The molecule has 0 saturated carbocycles. The van der Waals surface area contributed by atoms with E-state index in [2.05, 4.69) is 22.1 Å². The minimum Gasteiger partial charge on any atom is -0.497 e. The molecule has 5 rings (SSSR count). The number of rotatable bonds is 6. The zero-order valence-electron chi connectivity index (χ0n) is 19.3. The van der Waals surface area contributed by atoms with Crippen molar-refractivity contribution in [3.05, 3.63) is 83.7 Å². The quantitative estimate of drug-likeness (QED) is 0.550. The van der Waals surface area contributed by atoms with E-state index >= 15 is 0 Å². The summed E-state index contributed by atoms with van der Waals surface area (Å²) in [6.07, 6.45) is 4.68. The highest BCUT2D eigenvalue weighted by Crippen LogP contribution is 2.46. The third kappa shape index (κ3) is 3.21. The third-order valence-corrected chi connectivity index (χ3v) is 6.11. The Kier molecular flexibility index (Phi) is 5.27. The lowest BCUT2D eigenvalue weighted by Gasteiger charge is -2.35. The van der Waals surface area contributed by atoms with Gasteiger partial charge in [0.05, 0.1) is 30.1 Å². The summed E-state index contributed by atoms with van der Waals surface area (Å²) in [5.74, 6) is 8.14. The van der Waals surface area contributed by atoms with E-state index in [1.165, 1.54) is 0 Å². The first-order valence-electron chi connectivity index (χ1n) is 10.8. The molecular weight excluding hydrogens is 432 g/mol. The van der Waals surface area contributed by atoms with Crippen molar-refractivity contribution in [1.82, 2.24) is 20.2 Å². The highest BCUT2D eigenvalue weighted by Gasteiger charge is 2.55. The molecule has 2 aliphatic rings. The van der Waals surface area contributed by atoms with Gasteiger partial charge in [0.1, 0.15) is 34.8 Å². The number of hydrogen-bond donors (Lipinski definition) is 2. The second-order valence-electron chi connectivity index (χ2n) is 8.02. The molecule has 2 N–H and O–H groups in total. The van der Waals surface area contributed by atoms with Gasteiger partial charge in [-0.3, -0.25) is 9.69 Å². The van der Waals surface area contributed by atoms with E-state index in [9.17, 15) is 4.79 Å². The zero-order valence-corrected chi connectivity index (χ0v) is 19.3. The lowest BCUT2D eigenvalue weighted by atomic mass is 9.90. The number of para-hydroxylation sites is 2. The van der Waals surface area contributed by atoms with Crippen LogP contribution in [-0.2, 0) is 19.8 Å². The van der Waals surface area contributed by atoms with Gasteiger partial charge >= 0.3 is 0 Å². The molecule has 8 heteroatoms. The number of ether oxygens (including phenoxy) is 2. The number of furan rings is 1. The summed E-state index contributed by atoms with van der Waals surface area (Å²) in [5, 5.41) is 3.21. The molecule has 2 atom stereocenters. The number of aromatic nitrogens is 2. The van der Waals surface area contributed by atoms with Crippen molar-refractivity contribution in [2.75, 3.05) is 21.3 Å². The molecule has 0 radical (unpaired) electrons. The number of fused-ring (bicyclic) bond motifs is 1. The number of hydrogen-bond acceptors (Lipinski definition) is 7. The first-order valence-corrected chi connectivity index (χ1v) is 10.8. The minimum atomic E-state index is -1.22. The largest absolute Gasteiger partial charge is 0.497 e. The lowest BCUT2D eigenvalue weighted by Crippen LogP contribution is -2.45. The summed E-state index contributed by atoms with van der Waals surface area (Å²) in [7, 11) is 4.93. The molecule has 172 valence electrons. The molecule has 3 aromatic rings. The Morgan fingerprint density at radius 1 is 1.24 bits per heavy atom. The highest BCUT2D eigenvalue weighted by atomic mass is 16.5. The van der Waals surface area contributed by atoms with Crippen LogP contribution in [0.2, 0.25) is 0 Å². The number of carbonyl (C=O) groups is 1. The molecule has 0 saturated heterocycles. The second-order valence-corrected chi connectivity index (χ2v) is 8.02. The van der Waals surface area contributed by atoms with E-state index in [4.69, 9.17) is 18.9 Å². The van der Waals surface area contributed by atoms with Crippen LogP contribution in [0.5, 0.6) is 0 Å². The van der Waals surface area contributed by atoms with Gasteiger partial charge in [-0.05, 0) is 43.2 Å². The number of H-pyrrole nitrogens is 1. The van der Waals surface area contributed by atoms with Crippen molar-refractivity contribution >= 4 is 22.4 Å². The van der Waals surface area contributed by atoms with Crippen LogP contribution in [0.4, 0.5) is 0 Å². The summed E-state index contributed by atoms with van der Waals surface area (Å²) in [6, 6.07) is 11.2. The van der Waals surface area contributed by atoms with Gasteiger partial charge in [-0.25, -0.2) is 4.98 Å². The number of methoxy groups -OCH3 is 2. The predicted octanol–water partition coefficient (Wildman–Crippen LogP) is 3.29. The fourth-order valence-corrected chi connectivity index (χ4v) is 4.38. The second kappa shape index (κ2) is 8.28. The predicted molar refractivity (Wildman–Crippen MR) is 127 cm³/mol. The lowest BCUT2D eigenvalue weighted by molar-refractivity contribution is -0.122. The smallest absolute Gasteiger partial charge is 0.203 e. The molecule has 0 fully saturated rings. The van der Waals surface area contributed by atoms with Gasteiger partial charge in [0.25, 0.3) is 0 Å². The molecule has 3 heterocycles. The summed E-state index contributed by atoms with van der Waals surface area (Å²) in [5.41, 5.74) is 1.36. The average Bonchev–Trinajstić information content (AvgIpc) is 3.54. The van der Waals surface area contributed by atoms with Crippen molar-refractivity contribution in [2.24, 2.45) is 0 Å². The van der Waals surface area contributed by atoms with Gasteiger partial charge in [-0.15, -0.1) is 0 Å². The SMILES string of the molecule is CNC1=C(c2nc3ccccc3[nH]2)C(=O)C(C)(c2ccco2)N1C1=CC(OC)=CC(OC)C#C1. The van der Waals surface area contributed by atoms with Gasteiger partial charge in [-0.1, -0.05) is 18.1 Å². The number of nitrogens with one attached hydrogen (secondary N) is 2. The van der Waals surface area contributed by atoms with Crippen LogP contribution in [0.25, 0.3) is 16.6 Å². The molecule has 1 aromatic carbocycles. The minimum absolute atomic E-state index is 0.177. The number of aromatic amines is 1. The summed E-state index contributed by atoms with van der Waals surface area (Å²) < 4.78 is 16.7. The van der Waals surface area contributed by atoms with Gasteiger partial charge in [-0.2, -0.15) is 0 Å². The molecule has 0 bridgehead atoms. The molecule has 2 aromatic heterocycles. The molecule has 0 spiro atoms. The van der Waals surface area contributed by atoms with Crippen molar-refractivity contribution < 1.29 is 18.7 Å². The number of nitrogens with zero attached hydrogens (tertiary/aromatic N) is 2. The number of carbonyl (C=O) groups excluding carboxylic acids is 1. The van der Waals surface area contributed by atoms with Gasteiger partial charge in [0.2, 0.25) is 5.78 Å². The molecule has 34 heavy (non-hydrogen) atoms. The van der Waals surface area contributed by atoms with E-state index in [1.54, 1.807) is 51.8 Å². The van der Waals surface area contributed by atoms with Crippen molar-refractivity contribution in [1.29, 1.82) is 0 Å².